The van der Waals surface area contributed by atoms with Crippen LogP contribution in [0.2, 0.25) is 0 Å². The number of hydrogen-bond acceptors (Lipinski definition) is 4. The Kier molecular flexibility index (Phi) is 8.66. The molecule has 3 rings (SSSR count). The molecule has 0 aromatic heterocycles. The molecule has 0 bridgehead atoms. The van der Waals surface area contributed by atoms with Gasteiger partial charge in [-0.05, 0) is 43.7 Å². The van der Waals surface area contributed by atoms with Gasteiger partial charge in [0, 0.05) is 57.2 Å². The Hall–Kier alpha value is -2.88. The van der Waals surface area contributed by atoms with E-state index >= 15 is 0 Å². The number of piperidine rings is 2. The number of benzene rings is 1. The summed E-state index contributed by atoms with van der Waals surface area (Å²) in [6, 6.07) is 11.3. The van der Waals surface area contributed by atoms with Crippen LogP contribution in [0, 0.1) is 23.2 Å². The highest BCUT2D eigenvalue weighted by Crippen LogP contribution is 2.24. The zero-order valence-corrected chi connectivity index (χ0v) is 19.0. The maximum absolute atomic E-state index is 12.8. The number of nitriles is 1. The highest BCUT2D eigenvalue weighted by atomic mass is 16.2. The van der Waals surface area contributed by atoms with Crippen molar-refractivity contribution in [3.63, 3.8) is 0 Å². The second kappa shape index (κ2) is 11.7. The van der Waals surface area contributed by atoms with E-state index in [-0.39, 0.29) is 42.9 Å². The van der Waals surface area contributed by atoms with Crippen molar-refractivity contribution in [2.75, 3.05) is 37.6 Å². The molecule has 0 spiro atoms. The van der Waals surface area contributed by atoms with Crippen LogP contribution in [-0.2, 0) is 14.4 Å². The maximum atomic E-state index is 12.8. The Labute approximate surface area is 191 Å². The van der Waals surface area contributed by atoms with Crippen LogP contribution in [-0.4, -0.2) is 60.2 Å². The predicted molar refractivity (Wildman–Crippen MR) is 123 cm³/mol. The maximum Gasteiger partial charge on any atom is 0.227 e. The van der Waals surface area contributed by atoms with Crippen LogP contribution in [0.1, 0.15) is 51.9 Å². The highest BCUT2D eigenvalue weighted by molar-refractivity contribution is 5.95. The summed E-state index contributed by atoms with van der Waals surface area (Å²) in [5.74, 6) is 0.760. The molecule has 3 amide bonds. The Bertz CT molecular complexity index is 819. The first-order valence-electron chi connectivity index (χ1n) is 11.8. The summed E-state index contributed by atoms with van der Waals surface area (Å²) < 4.78 is 0. The molecule has 0 radical (unpaired) electrons. The van der Waals surface area contributed by atoms with Gasteiger partial charge in [0.1, 0.15) is 0 Å². The fraction of sp³-hybridized carbons (Fsp3) is 0.600. The van der Waals surface area contributed by atoms with Crippen LogP contribution in [0.5, 0.6) is 0 Å². The lowest BCUT2D eigenvalue weighted by atomic mass is 9.92. The molecule has 1 aromatic carbocycles. The van der Waals surface area contributed by atoms with Crippen LogP contribution >= 0.6 is 0 Å². The minimum Gasteiger partial charge on any atom is -0.343 e. The van der Waals surface area contributed by atoms with E-state index in [2.05, 4.69) is 13.0 Å². The first-order chi connectivity index (χ1) is 15.5. The number of carbonyl (C=O) groups is 3. The standard InChI is InChI=1S/C25H34N4O3/c1-20-10-16-28(17-11-20)25(32)21-12-18-27(19-13-21)23(30)8-9-24(31)29(15-5-14-26)22-6-3-2-4-7-22/h2-4,6-7,20-21H,5,8-13,15-19H2,1H3. The van der Waals surface area contributed by atoms with Crippen molar-refractivity contribution in [3.8, 4) is 6.07 Å². The van der Waals surface area contributed by atoms with Gasteiger partial charge < -0.3 is 14.7 Å². The second-order valence-electron chi connectivity index (χ2n) is 8.95. The van der Waals surface area contributed by atoms with Gasteiger partial charge in [-0.3, -0.25) is 14.4 Å². The van der Waals surface area contributed by atoms with Crippen molar-refractivity contribution in [1.82, 2.24) is 9.80 Å². The van der Waals surface area contributed by atoms with Crippen molar-refractivity contribution in [2.24, 2.45) is 11.8 Å². The van der Waals surface area contributed by atoms with Crippen molar-refractivity contribution < 1.29 is 14.4 Å². The second-order valence-corrected chi connectivity index (χ2v) is 8.95. The largest absolute Gasteiger partial charge is 0.343 e. The lowest BCUT2D eigenvalue weighted by molar-refractivity contribution is -0.142. The van der Waals surface area contributed by atoms with Gasteiger partial charge in [0.2, 0.25) is 17.7 Å². The predicted octanol–water partition coefficient (Wildman–Crippen LogP) is 3.21. The van der Waals surface area contributed by atoms with Gasteiger partial charge in [0.25, 0.3) is 0 Å². The topological polar surface area (TPSA) is 84.7 Å². The molecule has 1 aromatic rings. The third-order valence-electron chi connectivity index (χ3n) is 6.66. The molecule has 2 saturated heterocycles. The molecule has 0 atom stereocenters. The Morgan fingerprint density at radius 2 is 1.59 bits per heavy atom. The van der Waals surface area contributed by atoms with E-state index < -0.39 is 0 Å². The van der Waals surface area contributed by atoms with Crippen molar-refractivity contribution in [3.05, 3.63) is 30.3 Å². The monoisotopic (exact) mass is 438 g/mol. The fourth-order valence-electron chi connectivity index (χ4n) is 4.54. The highest BCUT2D eigenvalue weighted by Gasteiger charge is 2.31. The summed E-state index contributed by atoms with van der Waals surface area (Å²) in [5, 5.41) is 8.91. The lowest BCUT2D eigenvalue weighted by Gasteiger charge is -2.36. The van der Waals surface area contributed by atoms with Gasteiger partial charge in [-0.15, -0.1) is 0 Å². The molecule has 0 saturated carbocycles. The van der Waals surface area contributed by atoms with E-state index in [1.807, 2.05) is 35.2 Å². The summed E-state index contributed by atoms with van der Waals surface area (Å²) in [6.45, 7) is 5.40. The lowest BCUT2D eigenvalue weighted by Crippen LogP contribution is -2.46. The number of rotatable bonds is 7. The van der Waals surface area contributed by atoms with E-state index in [0.717, 1.165) is 31.6 Å². The molecule has 7 nitrogen and oxygen atoms in total. The number of amides is 3. The Balaban J connectivity index is 1.45. The third-order valence-corrected chi connectivity index (χ3v) is 6.66. The van der Waals surface area contributed by atoms with Gasteiger partial charge in [0.05, 0.1) is 12.5 Å². The minimum absolute atomic E-state index is 0.00800. The van der Waals surface area contributed by atoms with Crippen LogP contribution in [0.3, 0.4) is 0 Å². The smallest absolute Gasteiger partial charge is 0.227 e. The summed E-state index contributed by atoms with van der Waals surface area (Å²) >= 11 is 0. The molecular weight excluding hydrogens is 404 g/mol. The molecule has 32 heavy (non-hydrogen) atoms. The van der Waals surface area contributed by atoms with Gasteiger partial charge in [-0.25, -0.2) is 0 Å². The normalized spacial score (nSPS) is 17.6. The molecule has 2 aliphatic heterocycles. The number of carbonyl (C=O) groups excluding carboxylic acids is 3. The quantitative estimate of drug-likeness (QED) is 0.654. The minimum atomic E-state index is -0.149. The Morgan fingerprint density at radius 1 is 0.969 bits per heavy atom. The number of para-hydroxylation sites is 1. The zero-order valence-electron chi connectivity index (χ0n) is 19.0. The van der Waals surface area contributed by atoms with E-state index in [9.17, 15) is 14.4 Å². The molecule has 0 N–H and O–H groups in total. The van der Waals surface area contributed by atoms with E-state index in [1.165, 1.54) is 0 Å². The number of nitrogens with zero attached hydrogens (tertiary/aromatic N) is 4. The van der Waals surface area contributed by atoms with Gasteiger partial charge in [0.15, 0.2) is 0 Å². The molecule has 0 unspecified atom stereocenters. The molecule has 2 heterocycles. The SMILES string of the molecule is CC1CCN(C(=O)C2CCN(C(=O)CCC(=O)N(CCC#N)c3ccccc3)CC2)CC1. The van der Waals surface area contributed by atoms with Crippen molar-refractivity contribution >= 4 is 23.4 Å². The van der Waals surface area contributed by atoms with Crippen LogP contribution in [0.15, 0.2) is 30.3 Å². The van der Waals surface area contributed by atoms with E-state index in [0.29, 0.717) is 38.4 Å². The van der Waals surface area contributed by atoms with Crippen molar-refractivity contribution in [2.45, 2.75) is 51.9 Å². The van der Waals surface area contributed by atoms with Crippen LogP contribution in [0.25, 0.3) is 0 Å². The molecule has 7 heteroatoms. The van der Waals surface area contributed by atoms with Gasteiger partial charge >= 0.3 is 0 Å². The van der Waals surface area contributed by atoms with E-state index in [1.54, 1.807) is 9.80 Å². The molecular formula is C25H34N4O3. The summed E-state index contributed by atoms with van der Waals surface area (Å²) in [7, 11) is 0. The van der Waals surface area contributed by atoms with Crippen molar-refractivity contribution in [1.29, 1.82) is 5.26 Å². The number of anilines is 1. The summed E-state index contributed by atoms with van der Waals surface area (Å²) in [6.07, 6.45) is 4.05. The molecule has 0 aliphatic carbocycles. The third kappa shape index (κ3) is 6.32. The average Bonchev–Trinajstić information content (AvgIpc) is 2.83. The van der Waals surface area contributed by atoms with E-state index in [4.69, 9.17) is 5.26 Å². The first kappa shape index (κ1) is 23.8. The Morgan fingerprint density at radius 3 is 2.22 bits per heavy atom. The molecule has 2 aliphatic rings. The summed E-state index contributed by atoms with van der Waals surface area (Å²) in [5.41, 5.74) is 0.742. The summed E-state index contributed by atoms with van der Waals surface area (Å²) in [4.78, 5) is 43.6. The van der Waals surface area contributed by atoms with Gasteiger partial charge in [-0.1, -0.05) is 25.1 Å². The van der Waals surface area contributed by atoms with Crippen LogP contribution in [0.4, 0.5) is 5.69 Å². The fourth-order valence-corrected chi connectivity index (χ4v) is 4.54. The molecule has 172 valence electrons. The molecule has 2 fully saturated rings. The number of likely N-dealkylation sites (tertiary alicyclic amines) is 2. The zero-order chi connectivity index (χ0) is 22.9. The van der Waals surface area contributed by atoms with Crippen LogP contribution < -0.4 is 4.90 Å². The van der Waals surface area contributed by atoms with Gasteiger partial charge in [-0.2, -0.15) is 5.26 Å². The number of hydrogen-bond donors (Lipinski definition) is 0. The first-order valence-corrected chi connectivity index (χ1v) is 11.8. The average molecular weight is 439 g/mol.